The van der Waals surface area contributed by atoms with Gasteiger partial charge in [-0.1, -0.05) is 43.5 Å². The number of oxazole rings is 1. The highest BCUT2D eigenvalue weighted by atomic mass is 19.1. The number of aliphatic carboxylic acids is 1. The van der Waals surface area contributed by atoms with Gasteiger partial charge < -0.3 is 24.9 Å². The van der Waals surface area contributed by atoms with E-state index in [9.17, 15) is 19.1 Å². The molecule has 1 heterocycles. The summed E-state index contributed by atoms with van der Waals surface area (Å²) in [5.41, 5.74) is 2.91. The van der Waals surface area contributed by atoms with Gasteiger partial charge in [0.2, 0.25) is 5.89 Å². The third-order valence-corrected chi connectivity index (χ3v) is 7.38. The lowest BCUT2D eigenvalue weighted by Crippen LogP contribution is -2.32. The van der Waals surface area contributed by atoms with E-state index in [1.807, 2.05) is 24.3 Å². The molecule has 4 aromatic rings. The van der Waals surface area contributed by atoms with Gasteiger partial charge in [-0.2, -0.15) is 0 Å². The molecule has 0 amide bonds. The number of fused-ring (bicyclic) bond motifs is 1. The van der Waals surface area contributed by atoms with Crippen molar-refractivity contribution >= 4 is 28.5 Å². The molecule has 0 aliphatic heterocycles. The van der Waals surface area contributed by atoms with Crippen molar-refractivity contribution in [3.8, 4) is 5.75 Å². The van der Waals surface area contributed by atoms with Crippen molar-refractivity contribution in [3.05, 3.63) is 89.6 Å². The number of carbonyl (C=O) groups excluding carboxylic acids is 1. The quantitative estimate of drug-likeness (QED) is 0.135. The van der Waals surface area contributed by atoms with Gasteiger partial charge in [0.15, 0.2) is 11.4 Å². The summed E-state index contributed by atoms with van der Waals surface area (Å²) in [5, 5.41) is 16.1. The first kappa shape index (κ1) is 28.3. The number of carboxylic acid groups (broad SMARTS) is 1. The number of ether oxygens (including phenoxy) is 1. The number of hydrogen-bond acceptors (Lipinski definition) is 7. The van der Waals surface area contributed by atoms with E-state index in [1.54, 1.807) is 24.3 Å². The molecule has 3 aromatic carbocycles. The van der Waals surface area contributed by atoms with Crippen molar-refractivity contribution in [1.29, 1.82) is 0 Å². The number of nitrogens with zero attached hydrogens (tertiary/aromatic N) is 1. The number of aromatic nitrogens is 1. The van der Waals surface area contributed by atoms with Crippen molar-refractivity contribution in [2.45, 2.75) is 51.1 Å². The van der Waals surface area contributed by atoms with E-state index in [-0.39, 0.29) is 23.8 Å². The SMILES string of the molecule is O=C(c1ccc(F)cc1NC(Cc1ccc(OCCNCc2nc3ccccc3o2)cc1)C(=O)O)C1CCCCC1. The number of carbonyl (C=O) groups is 2. The molecule has 0 radical (unpaired) electrons. The van der Waals surface area contributed by atoms with Crippen molar-refractivity contribution in [2.75, 3.05) is 18.5 Å². The maximum atomic E-state index is 14.1. The Labute approximate surface area is 237 Å². The fraction of sp³-hybridized carbons (Fsp3) is 0.344. The topological polar surface area (TPSA) is 114 Å². The zero-order valence-corrected chi connectivity index (χ0v) is 22.8. The fourth-order valence-corrected chi connectivity index (χ4v) is 5.21. The highest BCUT2D eigenvalue weighted by molar-refractivity contribution is 6.03. The summed E-state index contributed by atoms with van der Waals surface area (Å²) in [4.78, 5) is 29.7. The van der Waals surface area contributed by atoms with Crippen molar-refractivity contribution < 1.29 is 28.2 Å². The molecule has 8 nitrogen and oxygen atoms in total. The number of Topliss-reactive ketones (excluding diaryl/α,β-unsaturated/α-hetero) is 1. The summed E-state index contributed by atoms with van der Waals surface area (Å²) in [5.74, 6) is -0.509. The molecule has 0 saturated heterocycles. The first-order valence-corrected chi connectivity index (χ1v) is 14.1. The van der Waals surface area contributed by atoms with E-state index in [0.29, 0.717) is 36.9 Å². The Hall–Kier alpha value is -4.24. The van der Waals surface area contributed by atoms with Crippen LogP contribution < -0.4 is 15.4 Å². The molecule has 1 unspecified atom stereocenters. The van der Waals surface area contributed by atoms with Crippen LogP contribution in [0.4, 0.5) is 10.1 Å². The van der Waals surface area contributed by atoms with Gasteiger partial charge >= 0.3 is 5.97 Å². The Morgan fingerprint density at radius 1 is 1.05 bits per heavy atom. The number of ketones is 1. The minimum absolute atomic E-state index is 0.0545. The first-order valence-electron chi connectivity index (χ1n) is 14.1. The maximum Gasteiger partial charge on any atom is 0.326 e. The highest BCUT2D eigenvalue weighted by Crippen LogP contribution is 2.30. The van der Waals surface area contributed by atoms with E-state index >= 15 is 0 Å². The third-order valence-electron chi connectivity index (χ3n) is 7.38. The Morgan fingerprint density at radius 2 is 1.83 bits per heavy atom. The molecule has 0 spiro atoms. The summed E-state index contributed by atoms with van der Waals surface area (Å²) in [7, 11) is 0. The first-order chi connectivity index (χ1) is 20.0. The predicted octanol–water partition coefficient (Wildman–Crippen LogP) is 6.01. The molecule has 3 N–H and O–H groups in total. The number of nitrogens with one attached hydrogen (secondary N) is 2. The molecule has 41 heavy (non-hydrogen) atoms. The van der Waals surface area contributed by atoms with Gasteiger partial charge in [-0.3, -0.25) is 4.79 Å². The van der Waals surface area contributed by atoms with Crippen LogP contribution in [-0.4, -0.2) is 41.0 Å². The van der Waals surface area contributed by atoms with Crippen LogP contribution in [0.15, 0.2) is 71.1 Å². The number of carboxylic acids is 1. The average molecular weight is 560 g/mol. The summed E-state index contributed by atoms with van der Waals surface area (Å²) < 4.78 is 25.6. The maximum absolute atomic E-state index is 14.1. The molecule has 1 aromatic heterocycles. The highest BCUT2D eigenvalue weighted by Gasteiger charge is 2.26. The summed E-state index contributed by atoms with van der Waals surface area (Å²) in [6.45, 7) is 1.50. The van der Waals surface area contributed by atoms with E-state index < -0.39 is 17.8 Å². The van der Waals surface area contributed by atoms with Crippen molar-refractivity contribution in [3.63, 3.8) is 0 Å². The Kier molecular flexibility index (Phi) is 9.26. The third kappa shape index (κ3) is 7.49. The van der Waals surface area contributed by atoms with Crippen LogP contribution in [0.2, 0.25) is 0 Å². The summed E-state index contributed by atoms with van der Waals surface area (Å²) >= 11 is 0. The molecular weight excluding hydrogens is 525 g/mol. The van der Waals surface area contributed by atoms with Crippen LogP contribution in [0.25, 0.3) is 11.1 Å². The van der Waals surface area contributed by atoms with Crippen LogP contribution in [0, 0.1) is 11.7 Å². The number of rotatable bonds is 13. The standard InChI is InChI=1S/C32H34FN3O5/c33-23-12-15-25(31(37)22-6-2-1-3-7-22)27(19-23)35-28(32(38)39)18-21-10-13-24(14-11-21)40-17-16-34-20-30-36-26-8-4-5-9-29(26)41-30/h4-5,8-15,19,22,28,34-35H,1-3,6-7,16-18,20H2,(H,38,39). The van der Waals surface area contributed by atoms with E-state index in [1.165, 1.54) is 18.2 Å². The Balaban J connectivity index is 1.13. The molecular formula is C32H34FN3O5. The number of halogens is 1. The lowest BCUT2D eigenvalue weighted by molar-refractivity contribution is -0.137. The molecule has 1 aliphatic carbocycles. The molecule has 1 aliphatic rings. The number of anilines is 1. The van der Waals surface area contributed by atoms with E-state index in [4.69, 9.17) is 9.15 Å². The lowest BCUT2D eigenvalue weighted by Gasteiger charge is -2.23. The van der Waals surface area contributed by atoms with Gasteiger partial charge in [0.25, 0.3) is 0 Å². The molecule has 1 saturated carbocycles. The molecule has 0 bridgehead atoms. The zero-order chi connectivity index (χ0) is 28.6. The van der Waals surface area contributed by atoms with Gasteiger partial charge in [0, 0.05) is 30.1 Å². The largest absolute Gasteiger partial charge is 0.492 e. The summed E-state index contributed by atoms with van der Waals surface area (Å²) in [6, 6.07) is 17.7. The normalized spacial score (nSPS) is 14.6. The monoisotopic (exact) mass is 559 g/mol. The van der Waals surface area contributed by atoms with Crippen LogP contribution in [0.3, 0.4) is 0 Å². The van der Waals surface area contributed by atoms with Crippen LogP contribution in [0.5, 0.6) is 5.75 Å². The number of para-hydroxylation sites is 2. The lowest BCUT2D eigenvalue weighted by atomic mass is 9.83. The Bertz CT molecular complexity index is 1450. The molecule has 9 heteroatoms. The van der Waals surface area contributed by atoms with Crippen LogP contribution >= 0.6 is 0 Å². The van der Waals surface area contributed by atoms with Gasteiger partial charge in [0.1, 0.15) is 29.7 Å². The predicted molar refractivity (Wildman–Crippen MR) is 154 cm³/mol. The Morgan fingerprint density at radius 3 is 2.59 bits per heavy atom. The summed E-state index contributed by atoms with van der Waals surface area (Å²) in [6.07, 6.45) is 4.86. The fourth-order valence-electron chi connectivity index (χ4n) is 5.21. The van der Waals surface area contributed by atoms with Gasteiger partial charge in [0.05, 0.1) is 6.54 Å². The number of hydrogen-bond donors (Lipinski definition) is 3. The van der Waals surface area contributed by atoms with E-state index in [2.05, 4.69) is 15.6 Å². The smallest absolute Gasteiger partial charge is 0.326 e. The second-order valence-electron chi connectivity index (χ2n) is 10.4. The number of benzene rings is 3. The molecule has 1 fully saturated rings. The van der Waals surface area contributed by atoms with Gasteiger partial charge in [-0.25, -0.2) is 14.2 Å². The van der Waals surface area contributed by atoms with Gasteiger partial charge in [-0.05, 0) is 60.9 Å². The second-order valence-corrected chi connectivity index (χ2v) is 10.4. The van der Waals surface area contributed by atoms with Crippen LogP contribution in [-0.2, 0) is 17.8 Å². The van der Waals surface area contributed by atoms with E-state index in [0.717, 1.165) is 48.8 Å². The molecule has 5 rings (SSSR count). The molecule has 1 atom stereocenters. The minimum Gasteiger partial charge on any atom is -0.492 e. The van der Waals surface area contributed by atoms with Crippen molar-refractivity contribution in [1.82, 2.24) is 10.3 Å². The molecule has 214 valence electrons. The van der Waals surface area contributed by atoms with Crippen molar-refractivity contribution in [2.24, 2.45) is 5.92 Å². The minimum atomic E-state index is -1.09. The van der Waals surface area contributed by atoms with Crippen LogP contribution in [0.1, 0.15) is 53.9 Å². The average Bonchev–Trinajstić information content (AvgIpc) is 3.40. The second kappa shape index (κ2) is 13.4. The van der Waals surface area contributed by atoms with Gasteiger partial charge in [-0.15, -0.1) is 0 Å². The zero-order valence-electron chi connectivity index (χ0n) is 22.8.